The van der Waals surface area contributed by atoms with Crippen molar-refractivity contribution in [3.05, 3.63) is 12.7 Å². The Balaban J connectivity index is 2.27. The third-order valence-corrected chi connectivity index (χ3v) is 2.70. The van der Waals surface area contributed by atoms with Gasteiger partial charge >= 0.3 is 0 Å². The van der Waals surface area contributed by atoms with Crippen LogP contribution in [-0.4, -0.2) is 25.4 Å². The predicted octanol–water partition coefficient (Wildman–Crippen LogP) is 1.97. The first-order valence-corrected chi connectivity index (χ1v) is 6.15. The van der Waals surface area contributed by atoms with E-state index >= 15 is 0 Å². The summed E-state index contributed by atoms with van der Waals surface area (Å²) in [6.07, 6.45) is 6.66. The number of aromatic nitrogens is 4. The molecule has 2 aromatic rings. The van der Waals surface area contributed by atoms with Crippen LogP contribution in [0.15, 0.2) is 12.7 Å². The topological polar surface area (TPSA) is 72.7 Å². The smallest absolute Gasteiger partial charge is 0.222 e. The van der Waals surface area contributed by atoms with E-state index in [1.54, 1.807) is 6.33 Å². The van der Waals surface area contributed by atoms with Crippen molar-refractivity contribution in [3.63, 3.8) is 0 Å². The maximum Gasteiger partial charge on any atom is 0.222 e. The molecular weight excluding hydrogens is 230 g/mol. The van der Waals surface area contributed by atoms with Crippen molar-refractivity contribution in [1.82, 2.24) is 19.5 Å². The lowest BCUT2D eigenvalue weighted by molar-refractivity contribution is -0.114. The van der Waals surface area contributed by atoms with Crippen LogP contribution >= 0.6 is 0 Å². The van der Waals surface area contributed by atoms with Gasteiger partial charge in [0.25, 0.3) is 0 Å². The van der Waals surface area contributed by atoms with Crippen molar-refractivity contribution in [3.8, 4) is 0 Å². The molecule has 0 spiro atoms. The molecule has 6 heteroatoms. The summed E-state index contributed by atoms with van der Waals surface area (Å²) in [5.74, 6) is 0.317. The number of amides is 1. The maximum atomic E-state index is 11.1. The number of carbonyl (C=O) groups excluding carboxylic acids is 1. The van der Waals surface area contributed by atoms with E-state index in [-0.39, 0.29) is 5.91 Å². The number of rotatable bonds is 5. The molecule has 1 amide bonds. The molecule has 0 aliphatic carbocycles. The van der Waals surface area contributed by atoms with Gasteiger partial charge in [0.15, 0.2) is 17.0 Å². The van der Waals surface area contributed by atoms with E-state index in [4.69, 9.17) is 0 Å². The zero-order chi connectivity index (χ0) is 13.0. The molecule has 6 nitrogen and oxygen atoms in total. The highest BCUT2D eigenvalue weighted by molar-refractivity contribution is 5.95. The Kier molecular flexibility index (Phi) is 3.86. The molecule has 0 radical (unpaired) electrons. The highest BCUT2D eigenvalue weighted by Gasteiger charge is 2.10. The molecular formula is C12H17N5O. The minimum Gasteiger partial charge on any atom is -0.315 e. The van der Waals surface area contributed by atoms with E-state index in [2.05, 4.69) is 27.2 Å². The van der Waals surface area contributed by atoms with Crippen LogP contribution in [0.25, 0.3) is 11.2 Å². The molecule has 0 unspecified atom stereocenters. The molecule has 2 aromatic heterocycles. The van der Waals surface area contributed by atoms with Crippen molar-refractivity contribution in [1.29, 1.82) is 0 Å². The van der Waals surface area contributed by atoms with E-state index in [1.165, 1.54) is 26.1 Å². The van der Waals surface area contributed by atoms with Gasteiger partial charge in [-0.25, -0.2) is 15.0 Å². The van der Waals surface area contributed by atoms with Gasteiger partial charge in [-0.1, -0.05) is 19.8 Å². The Morgan fingerprint density at radius 1 is 1.33 bits per heavy atom. The molecule has 0 bridgehead atoms. The van der Waals surface area contributed by atoms with E-state index in [9.17, 15) is 4.79 Å². The molecule has 0 atom stereocenters. The number of anilines is 1. The Hall–Kier alpha value is -1.98. The van der Waals surface area contributed by atoms with Crippen LogP contribution in [0.4, 0.5) is 5.82 Å². The van der Waals surface area contributed by atoms with E-state index in [0.29, 0.717) is 11.3 Å². The van der Waals surface area contributed by atoms with Crippen molar-refractivity contribution < 1.29 is 4.79 Å². The van der Waals surface area contributed by atoms with Crippen molar-refractivity contribution >= 4 is 22.9 Å². The van der Waals surface area contributed by atoms with Crippen LogP contribution in [0.2, 0.25) is 0 Å². The maximum absolute atomic E-state index is 11.1. The van der Waals surface area contributed by atoms with Gasteiger partial charge in [0.1, 0.15) is 6.33 Å². The highest BCUT2D eigenvalue weighted by Crippen LogP contribution is 2.17. The van der Waals surface area contributed by atoms with E-state index in [1.807, 2.05) is 4.57 Å². The van der Waals surface area contributed by atoms with Crippen molar-refractivity contribution in [2.24, 2.45) is 0 Å². The average Bonchev–Trinajstić information content (AvgIpc) is 2.74. The van der Waals surface area contributed by atoms with Crippen molar-refractivity contribution in [2.45, 2.75) is 39.7 Å². The minimum atomic E-state index is -0.157. The number of fused-ring (bicyclic) bond motifs is 1. The summed E-state index contributed by atoms with van der Waals surface area (Å²) in [5.41, 5.74) is 1.41. The lowest BCUT2D eigenvalue weighted by atomic mass is 10.2. The fraction of sp³-hybridized carbons (Fsp3) is 0.500. The molecule has 2 rings (SSSR count). The molecule has 1 N–H and O–H groups in total. The summed E-state index contributed by atoms with van der Waals surface area (Å²) in [7, 11) is 0. The second-order valence-corrected chi connectivity index (χ2v) is 4.22. The van der Waals surface area contributed by atoms with Crippen LogP contribution in [-0.2, 0) is 11.3 Å². The molecule has 0 aliphatic rings. The predicted molar refractivity (Wildman–Crippen MR) is 69.2 cm³/mol. The van der Waals surface area contributed by atoms with Gasteiger partial charge in [0.05, 0.1) is 6.33 Å². The second-order valence-electron chi connectivity index (χ2n) is 4.22. The number of unbranched alkanes of at least 4 members (excludes halogenated alkanes) is 2. The summed E-state index contributed by atoms with van der Waals surface area (Å²) in [5, 5.41) is 2.66. The normalized spacial score (nSPS) is 10.8. The summed E-state index contributed by atoms with van der Waals surface area (Å²) in [6.45, 7) is 4.51. The molecule has 0 saturated carbocycles. The van der Waals surface area contributed by atoms with Crippen LogP contribution in [0.1, 0.15) is 33.1 Å². The summed E-state index contributed by atoms with van der Waals surface area (Å²) < 4.78 is 2.00. The van der Waals surface area contributed by atoms with Gasteiger partial charge in [-0.2, -0.15) is 0 Å². The quantitative estimate of drug-likeness (QED) is 0.820. The zero-order valence-electron chi connectivity index (χ0n) is 10.7. The minimum absolute atomic E-state index is 0.157. The summed E-state index contributed by atoms with van der Waals surface area (Å²) >= 11 is 0. The number of hydrogen-bond acceptors (Lipinski definition) is 4. The first kappa shape index (κ1) is 12.5. The SMILES string of the molecule is CCCCCn1cnc2c(NC(C)=O)ncnc21. The number of aryl methyl sites for hydroxylation is 1. The monoisotopic (exact) mass is 247 g/mol. The van der Waals surface area contributed by atoms with Gasteiger partial charge in [-0.05, 0) is 6.42 Å². The van der Waals surface area contributed by atoms with Gasteiger partial charge in [0, 0.05) is 13.5 Å². The average molecular weight is 247 g/mol. The lowest BCUT2D eigenvalue weighted by Crippen LogP contribution is -2.08. The number of imidazole rings is 1. The molecule has 18 heavy (non-hydrogen) atoms. The van der Waals surface area contributed by atoms with Crippen LogP contribution in [0.5, 0.6) is 0 Å². The van der Waals surface area contributed by atoms with Gasteiger partial charge in [-0.3, -0.25) is 4.79 Å². The summed E-state index contributed by atoms with van der Waals surface area (Å²) in [4.78, 5) is 23.6. The third kappa shape index (κ3) is 2.64. The van der Waals surface area contributed by atoms with E-state index in [0.717, 1.165) is 18.6 Å². The van der Waals surface area contributed by atoms with Gasteiger partial charge in [0.2, 0.25) is 5.91 Å². The second kappa shape index (κ2) is 5.57. The van der Waals surface area contributed by atoms with Crippen LogP contribution < -0.4 is 5.32 Å². The number of hydrogen-bond donors (Lipinski definition) is 1. The molecule has 0 saturated heterocycles. The Bertz CT molecular complexity index is 548. The largest absolute Gasteiger partial charge is 0.315 e. The molecule has 96 valence electrons. The molecule has 0 fully saturated rings. The highest BCUT2D eigenvalue weighted by atomic mass is 16.1. The Labute approximate surface area is 105 Å². The summed E-state index contributed by atoms with van der Waals surface area (Å²) in [6, 6.07) is 0. The van der Waals surface area contributed by atoms with Crippen LogP contribution in [0.3, 0.4) is 0 Å². The fourth-order valence-electron chi connectivity index (χ4n) is 1.83. The van der Waals surface area contributed by atoms with Gasteiger partial charge in [-0.15, -0.1) is 0 Å². The lowest BCUT2D eigenvalue weighted by Gasteiger charge is -2.04. The zero-order valence-corrected chi connectivity index (χ0v) is 10.7. The number of nitrogens with zero attached hydrogens (tertiary/aromatic N) is 4. The van der Waals surface area contributed by atoms with Gasteiger partial charge < -0.3 is 9.88 Å². The fourth-order valence-corrected chi connectivity index (χ4v) is 1.83. The molecule has 0 aliphatic heterocycles. The first-order valence-electron chi connectivity index (χ1n) is 6.15. The number of carbonyl (C=O) groups is 1. The molecule has 2 heterocycles. The molecule has 0 aromatic carbocycles. The van der Waals surface area contributed by atoms with Crippen molar-refractivity contribution in [2.75, 3.05) is 5.32 Å². The number of nitrogens with one attached hydrogen (secondary N) is 1. The van der Waals surface area contributed by atoms with E-state index < -0.39 is 0 Å². The Morgan fingerprint density at radius 3 is 2.89 bits per heavy atom. The first-order chi connectivity index (χ1) is 8.72. The third-order valence-electron chi connectivity index (χ3n) is 2.70. The standard InChI is InChI=1S/C12H17N5O/c1-3-4-5-6-17-8-15-10-11(16-9(2)18)13-7-14-12(10)17/h7-8H,3-6H2,1-2H3,(H,13,14,16,18). The Morgan fingerprint density at radius 2 is 2.17 bits per heavy atom. The van der Waals surface area contributed by atoms with Crippen LogP contribution in [0, 0.1) is 0 Å².